The van der Waals surface area contributed by atoms with Gasteiger partial charge in [0.2, 0.25) is 0 Å². The summed E-state index contributed by atoms with van der Waals surface area (Å²) in [4.78, 5) is 14.3. The predicted molar refractivity (Wildman–Crippen MR) is 79.9 cm³/mol. The van der Waals surface area contributed by atoms with Crippen LogP contribution in [0.15, 0.2) is 0 Å². The average Bonchev–Trinajstić information content (AvgIpc) is 2.61. The number of alkyl carbamates (subject to hydrolysis) is 1. The van der Waals surface area contributed by atoms with Gasteiger partial charge in [0, 0.05) is 25.2 Å². The summed E-state index contributed by atoms with van der Waals surface area (Å²) in [7, 11) is 0. The van der Waals surface area contributed by atoms with Crippen LogP contribution >= 0.6 is 0 Å². The van der Waals surface area contributed by atoms with E-state index in [1.807, 2.05) is 20.8 Å². The molecule has 2 aliphatic heterocycles. The van der Waals surface area contributed by atoms with Crippen molar-refractivity contribution in [1.82, 2.24) is 15.5 Å². The summed E-state index contributed by atoms with van der Waals surface area (Å²) in [6, 6.07) is 0.913. The van der Waals surface area contributed by atoms with Gasteiger partial charge in [-0.1, -0.05) is 0 Å². The number of nitrogens with zero attached hydrogens (tertiary/aromatic N) is 1. The number of carbonyl (C=O) groups excluding carboxylic acids is 1. The number of rotatable bonds is 2. The van der Waals surface area contributed by atoms with E-state index < -0.39 is 5.60 Å². The van der Waals surface area contributed by atoms with E-state index in [1.54, 1.807) is 0 Å². The van der Waals surface area contributed by atoms with Crippen molar-refractivity contribution < 1.29 is 9.53 Å². The first kappa shape index (κ1) is 15.6. The lowest BCUT2D eigenvalue weighted by Gasteiger charge is -2.27. The van der Waals surface area contributed by atoms with E-state index in [0.717, 1.165) is 32.6 Å². The van der Waals surface area contributed by atoms with Gasteiger partial charge in [-0.2, -0.15) is 0 Å². The smallest absolute Gasteiger partial charge is 0.407 e. The second-order valence-electron chi connectivity index (χ2n) is 6.96. The molecular weight excluding hydrogens is 254 g/mol. The Bertz CT molecular complexity index is 320. The molecule has 2 fully saturated rings. The van der Waals surface area contributed by atoms with E-state index in [2.05, 4.69) is 15.5 Å². The molecule has 0 aromatic heterocycles. The molecule has 0 radical (unpaired) electrons. The van der Waals surface area contributed by atoms with E-state index in [-0.39, 0.29) is 12.1 Å². The van der Waals surface area contributed by atoms with Gasteiger partial charge in [-0.15, -0.1) is 0 Å². The van der Waals surface area contributed by atoms with Crippen LogP contribution in [-0.4, -0.2) is 54.9 Å². The topological polar surface area (TPSA) is 53.6 Å². The van der Waals surface area contributed by atoms with Gasteiger partial charge < -0.3 is 15.4 Å². The molecule has 0 aliphatic carbocycles. The van der Waals surface area contributed by atoms with Crippen molar-refractivity contribution in [2.24, 2.45) is 0 Å². The molecule has 5 nitrogen and oxygen atoms in total. The zero-order chi connectivity index (χ0) is 14.6. The van der Waals surface area contributed by atoms with Gasteiger partial charge in [0.1, 0.15) is 5.60 Å². The maximum atomic E-state index is 11.8. The molecule has 0 aromatic rings. The molecule has 5 heteroatoms. The van der Waals surface area contributed by atoms with Crippen LogP contribution in [0.3, 0.4) is 0 Å². The molecule has 0 spiro atoms. The number of ether oxygens (including phenoxy) is 1. The van der Waals surface area contributed by atoms with E-state index >= 15 is 0 Å². The van der Waals surface area contributed by atoms with Crippen molar-refractivity contribution in [3.05, 3.63) is 0 Å². The number of nitrogens with one attached hydrogen (secondary N) is 2. The Kier molecular flexibility index (Phi) is 5.27. The minimum Gasteiger partial charge on any atom is -0.444 e. The molecule has 116 valence electrons. The van der Waals surface area contributed by atoms with Crippen molar-refractivity contribution in [2.75, 3.05) is 26.2 Å². The molecule has 2 atom stereocenters. The minimum atomic E-state index is -0.421. The van der Waals surface area contributed by atoms with Crippen LogP contribution in [0.5, 0.6) is 0 Å². The van der Waals surface area contributed by atoms with Gasteiger partial charge in [-0.3, -0.25) is 4.90 Å². The van der Waals surface area contributed by atoms with E-state index in [9.17, 15) is 4.79 Å². The minimum absolute atomic E-state index is 0.237. The Labute approximate surface area is 122 Å². The van der Waals surface area contributed by atoms with Gasteiger partial charge in [0.25, 0.3) is 0 Å². The summed E-state index contributed by atoms with van der Waals surface area (Å²) in [5, 5.41) is 6.46. The second-order valence-corrected chi connectivity index (χ2v) is 6.96. The quantitative estimate of drug-likeness (QED) is 0.810. The van der Waals surface area contributed by atoms with Gasteiger partial charge in [-0.25, -0.2) is 4.79 Å². The van der Waals surface area contributed by atoms with Crippen molar-refractivity contribution in [2.45, 2.75) is 64.1 Å². The summed E-state index contributed by atoms with van der Waals surface area (Å²) in [5.74, 6) is 0. The van der Waals surface area contributed by atoms with E-state index in [1.165, 1.54) is 19.3 Å². The molecule has 2 rings (SSSR count). The van der Waals surface area contributed by atoms with Gasteiger partial charge in [0.05, 0.1) is 0 Å². The first-order valence-electron chi connectivity index (χ1n) is 7.88. The molecule has 2 saturated heterocycles. The third-order valence-corrected chi connectivity index (χ3v) is 4.00. The number of hydrogen-bond acceptors (Lipinski definition) is 4. The summed E-state index contributed by atoms with van der Waals surface area (Å²) in [6.07, 6.45) is 4.49. The largest absolute Gasteiger partial charge is 0.444 e. The van der Waals surface area contributed by atoms with Crippen LogP contribution in [0.1, 0.15) is 46.5 Å². The Hall–Kier alpha value is -0.810. The highest BCUT2D eigenvalue weighted by atomic mass is 16.6. The lowest BCUT2D eigenvalue weighted by Crippen LogP contribution is -2.42. The van der Waals surface area contributed by atoms with Crippen molar-refractivity contribution in [3.63, 3.8) is 0 Å². The molecule has 0 aromatic carbocycles. The molecule has 2 N–H and O–H groups in total. The average molecular weight is 283 g/mol. The van der Waals surface area contributed by atoms with Gasteiger partial charge in [-0.05, 0) is 59.5 Å². The zero-order valence-corrected chi connectivity index (χ0v) is 13.1. The van der Waals surface area contributed by atoms with Crippen LogP contribution in [0, 0.1) is 0 Å². The molecule has 2 heterocycles. The fourth-order valence-corrected chi connectivity index (χ4v) is 3.08. The van der Waals surface area contributed by atoms with Gasteiger partial charge >= 0.3 is 6.09 Å². The highest BCUT2D eigenvalue weighted by Crippen LogP contribution is 2.20. The molecular formula is C15H29N3O2. The first-order valence-corrected chi connectivity index (χ1v) is 7.88. The van der Waals surface area contributed by atoms with Crippen LogP contribution in [0.25, 0.3) is 0 Å². The number of carbonyl (C=O) groups is 1. The Balaban J connectivity index is 1.75. The van der Waals surface area contributed by atoms with Crippen LogP contribution in [-0.2, 0) is 4.74 Å². The second kappa shape index (κ2) is 6.76. The molecule has 0 saturated carbocycles. The monoisotopic (exact) mass is 283 g/mol. The fraction of sp³-hybridized carbons (Fsp3) is 0.933. The zero-order valence-electron chi connectivity index (χ0n) is 13.1. The van der Waals surface area contributed by atoms with E-state index in [4.69, 9.17) is 4.74 Å². The molecule has 2 unspecified atom stereocenters. The summed E-state index contributed by atoms with van der Waals surface area (Å²) in [6.45, 7) is 9.99. The highest BCUT2D eigenvalue weighted by Gasteiger charge is 2.30. The third kappa shape index (κ3) is 4.94. The predicted octanol–water partition coefficient (Wildman–Crippen LogP) is 1.73. The maximum Gasteiger partial charge on any atom is 0.407 e. The summed E-state index contributed by atoms with van der Waals surface area (Å²) < 4.78 is 5.32. The molecule has 20 heavy (non-hydrogen) atoms. The maximum absolute atomic E-state index is 11.8. The standard InChI is InChI=1S/C15H29N3O2/c1-15(2,3)20-14(19)17-12-7-10-18(11-12)13-5-4-8-16-9-6-13/h12-13,16H,4-11H2,1-3H3,(H,17,19). The number of hydrogen-bond donors (Lipinski definition) is 2. The van der Waals surface area contributed by atoms with Crippen molar-refractivity contribution in [3.8, 4) is 0 Å². The number of amides is 1. The normalized spacial score (nSPS) is 28.9. The van der Waals surface area contributed by atoms with E-state index in [0.29, 0.717) is 6.04 Å². The van der Waals surface area contributed by atoms with Crippen molar-refractivity contribution >= 4 is 6.09 Å². The Morgan fingerprint density at radius 3 is 2.80 bits per heavy atom. The Morgan fingerprint density at radius 1 is 1.25 bits per heavy atom. The van der Waals surface area contributed by atoms with Crippen LogP contribution < -0.4 is 10.6 Å². The first-order chi connectivity index (χ1) is 9.44. The Morgan fingerprint density at radius 2 is 2.05 bits per heavy atom. The van der Waals surface area contributed by atoms with Crippen LogP contribution in [0.2, 0.25) is 0 Å². The third-order valence-electron chi connectivity index (χ3n) is 4.00. The summed E-state index contributed by atoms with van der Waals surface area (Å²) in [5.41, 5.74) is -0.421. The molecule has 1 amide bonds. The van der Waals surface area contributed by atoms with Crippen LogP contribution in [0.4, 0.5) is 4.79 Å². The lowest BCUT2D eigenvalue weighted by molar-refractivity contribution is 0.0504. The van der Waals surface area contributed by atoms with Gasteiger partial charge in [0.15, 0.2) is 0 Å². The fourth-order valence-electron chi connectivity index (χ4n) is 3.08. The SMILES string of the molecule is CC(C)(C)OC(=O)NC1CCN(C2CCCNCC2)C1. The highest BCUT2D eigenvalue weighted by molar-refractivity contribution is 5.68. The summed E-state index contributed by atoms with van der Waals surface area (Å²) >= 11 is 0. The van der Waals surface area contributed by atoms with Crippen molar-refractivity contribution in [1.29, 1.82) is 0 Å². The molecule has 0 bridgehead atoms. The lowest BCUT2D eigenvalue weighted by atomic mass is 10.1. The number of likely N-dealkylation sites (tertiary alicyclic amines) is 1. The molecule has 2 aliphatic rings.